The summed E-state index contributed by atoms with van der Waals surface area (Å²) in [6, 6.07) is 5.39. The molecular formula is C16H20N4O4. The Labute approximate surface area is 139 Å². The van der Waals surface area contributed by atoms with Crippen molar-refractivity contribution in [2.24, 2.45) is 0 Å². The minimum Gasteiger partial charge on any atom is -0.468 e. The molecule has 0 spiro atoms. The normalized spacial score (nSPS) is 15.5. The van der Waals surface area contributed by atoms with Crippen LogP contribution in [0.5, 0.6) is 0 Å². The number of carbonyl (C=O) groups is 2. The molecule has 0 N–H and O–H groups in total. The van der Waals surface area contributed by atoms with Crippen molar-refractivity contribution in [1.82, 2.24) is 14.6 Å². The first kappa shape index (κ1) is 16.3. The monoisotopic (exact) mass is 332 g/mol. The van der Waals surface area contributed by atoms with Crippen molar-refractivity contribution in [2.75, 3.05) is 52.0 Å². The number of para-hydroxylation sites is 1. The topological polar surface area (TPSA) is 76.9 Å². The number of fused-ring (bicyclic) bond motifs is 1. The highest BCUT2D eigenvalue weighted by molar-refractivity contribution is 6.02. The number of hydrogen-bond donors (Lipinski definition) is 0. The summed E-state index contributed by atoms with van der Waals surface area (Å²) in [5, 5.41) is 2.11. The van der Waals surface area contributed by atoms with Crippen LogP contribution in [-0.4, -0.2) is 73.4 Å². The van der Waals surface area contributed by atoms with Gasteiger partial charge in [0.2, 0.25) is 0 Å². The van der Waals surface area contributed by atoms with Gasteiger partial charge in [-0.15, -0.1) is 0 Å². The lowest BCUT2D eigenvalue weighted by atomic mass is 10.2. The third-order valence-corrected chi connectivity index (χ3v) is 4.19. The largest absolute Gasteiger partial charge is 0.468 e. The Bertz CT molecular complexity index is 750. The summed E-state index contributed by atoms with van der Waals surface area (Å²) in [7, 11) is 2.76. The average molecular weight is 332 g/mol. The highest BCUT2D eigenvalue weighted by Crippen LogP contribution is 2.20. The molecule has 3 rings (SSSR count). The quantitative estimate of drug-likeness (QED) is 0.743. The van der Waals surface area contributed by atoms with Gasteiger partial charge in [-0.2, -0.15) is 0 Å². The molecular weight excluding hydrogens is 312 g/mol. The molecule has 1 aliphatic rings. The summed E-state index contributed by atoms with van der Waals surface area (Å²) in [6.45, 7) is 3.20. The molecule has 8 heteroatoms. The maximum Gasteiger partial charge on any atom is 0.340 e. The number of rotatable bonds is 4. The third kappa shape index (κ3) is 3.05. The summed E-state index contributed by atoms with van der Waals surface area (Å²) in [5.74, 6) is -0.615. The van der Waals surface area contributed by atoms with Crippen LogP contribution < -0.4 is 5.01 Å². The van der Waals surface area contributed by atoms with E-state index in [0.717, 1.165) is 37.2 Å². The maximum absolute atomic E-state index is 12.0. The van der Waals surface area contributed by atoms with Crippen LogP contribution in [0.25, 0.3) is 11.0 Å². The average Bonchev–Trinajstić information content (AvgIpc) is 3.05. The predicted molar refractivity (Wildman–Crippen MR) is 87.5 cm³/mol. The van der Waals surface area contributed by atoms with E-state index in [1.165, 1.54) is 14.2 Å². The van der Waals surface area contributed by atoms with Gasteiger partial charge in [0.25, 0.3) is 0 Å². The lowest BCUT2D eigenvalue weighted by Gasteiger charge is -2.36. The second-order valence-electron chi connectivity index (χ2n) is 5.56. The minimum absolute atomic E-state index is 0.232. The molecule has 1 aromatic heterocycles. The van der Waals surface area contributed by atoms with Crippen molar-refractivity contribution in [3.8, 4) is 0 Å². The Kier molecular flexibility index (Phi) is 4.66. The number of aromatic nitrogens is 2. The first-order valence-corrected chi connectivity index (χ1v) is 7.73. The van der Waals surface area contributed by atoms with Gasteiger partial charge in [-0.3, -0.25) is 9.69 Å². The second kappa shape index (κ2) is 6.88. The minimum atomic E-state index is -0.383. The van der Waals surface area contributed by atoms with Gasteiger partial charge < -0.3 is 14.5 Å². The number of nitrogens with zero attached hydrogens (tertiary/aromatic N) is 4. The van der Waals surface area contributed by atoms with Crippen LogP contribution in [-0.2, 0) is 14.3 Å². The van der Waals surface area contributed by atoms with E-state index < -0.39 is 0 Å². The first-order chi connectivity index (χ1) is 11.6. The second-order valence-corrected chi connectivity index (χ2v) is 5.56. The van der Waals surface area contributed by atoms with Crippen molar-refractivity contribution >= 4 is 23.0 Å². The van der Waals surface area contributed by atoms with E-state index >= 15 is 0 Å². The lowest BCUT2D eigenvalue weighted by Crippen LogP contribution is -2.52. The molecule has 0 bridgehead atoms. The molecule has 1 saturated heterocycles. The van der Waals surface area contributed by atoms with Gasteiger partial charge in [0.15, 0.2) is 0 Å². The number of piperazine rings is 1. The van der Waals surface area contributed by atoms with Crippen molar-refractivity contribution < 1.29 is 19.1 Å². The number of imidazole rings is 1. The fourth-order valence-corrected chi connectivity index (χ4v) is 2.90. The SMILES string of the molecule is COC(=O)CN1CCN(n2cnc3cccc(C(=O)OC)c32)CC1. The van der Waals surface area contributed by atoms with Crippen molar-refractivity contribution in [3.63, 3.8) is 0 Å². The van der Waals surface area contributed by atoms with Gasteiger partial charge in [-0.05, 0) is 12.1 Å². The molecule has 1 aromatic carbocycles. The van der Waals surface area contributed by atoms with Crippen molar-refractivity contribution in [3.05, 3.63) is 30.1 Å². The van der Waals surface area contributed by atoms with E-state index in [2.05, 4.69) is 9.99 Å². The van der Waals surface area contributed by atoms with E-state index in [1.54, 1.807) is 18.5 Å². The van der Waals surface area contributed by atoms with E-state index in [9.17, 15) is 9.59 Å². The number of methoxy groups -OCH3 is 2. The van der Waals surface area contributed by atoms with Gasteiger partial charge >= 0.3 is 11.9 Å². The molecule has 0 atom stereocenters. The summed E-state index contributed by atoms with van der Waals surface area (Å²) >= 11 is 0. The number of benzene rings is 1. The molecule has 0 aliphatic carbocycles. The summed E-state index contributed by atoms with van der Waals surface area (Å²) < 4.78 is 11.5. The molecule has 1 fully saturated rings. The summed E-state index contributed by atoms with van der Waals surface area (Å²) in [5.41, 5.74) is 1.98. The Morgan fingerprint density at radius 3 is 2.54 bits per heavy atom. The molecule has 0 radical (unpaired) electrons. The maximum atomic E-state index is 12.0. The summed E-state index contributed by atoms with van der Waals surface area (Å²) in [6.07, 6.45) is 1.72. The molecule has 0 saturated carbocycles. The standard InChI is InChI=1S/C16H20N4O4/c1-23-14(21)10-18-6-8-19(9-7-18)20-11-17-13-5-3-4-12(15(13)20)16(22)24-2/h3-5,11H,6-10H2,1-2H3. The predicted octanol–water partition coefficient (Wildman–Crippen LogP) is 0.250. The molecule has 1 aliphatic heterocycles. The van der Waals surface area contributed by atoms with Gasteiger partial charge in [0.05, 0.1) is 31.8 Å². The Hall–Kier alpha value is -2.61. The third-order valence-electron chi connectivity index (χ3n) is 4.19. The zero-order valence-electron chi connectivity index (χ0n) is 13.8. The first-order valence-electron chi connectivity index (χ1n) is 7.73. The van der Waals surface area contributed by atoms with Crippen LogP contribution in [0.2, 0.25) is 0 Å². The van der Waals surface area contributed by atoms with Crippen molar-refractivity contribution in [2.45, 2.75) is 0 Å². The molecule has 8 nitrogen and oxygen atoms in total. The lowest BCUT2D eigenvalue weighted by molar-refractivity contribution is -0.142. The van der Waals surface area contributed by atoms with Crippen LogP contribution >= 0.6 is 0 Å². The Morgan fingerprint density at radius 2 is 1.88 bits per heavy atom. The highest BCUT2D eigenvalue weighted by atomic mass is 16.5. The summed E-state index contributed by atoms with van der Waals surface area (Å²) in [4.78, 5) is 29.8. The molecule has 24 heavy (non-hydrogen) atoms. The Balaban J connectivity index is 1.81. The van der Waals surface area contributed by atoms with Crippen molar-refractivity contribution in [1.29, 1.82) is 0 Å². The van der Waals surface area contributed by atoms with Gasteiger partial charge in [0, 0.05) is 26.2 Å². The highest BCUT2D eigenvalue weighted by Gasteiger charge is 2.22. The van der Waals surface area contributed by atoms with Gasteiger partial charge in [-0.25, -0.2) is 14.5 Å². The number of ether oxygens (including phenoxy) is 2. The molecule has 0 unspecified atom stereocenters. The van der Waals surface area contributed by atoms with E-state index in [1.807, 2.05) is 15.6 Å². The molecule has 2 aromatic rings. The zero-order chi connectivity index (χ0) is 17.1. The zero-order valence-corrected chi connectivity index (χ0v) is 13.8. The Morgan fingerprint density at radius 1 is 1.12 bits per heavy atom. The number of esters is 2. The molecule has 128 valence electrons. The number of hydrogen-bond acceptors (Lipinski definition) is 7. The fraction of sp³-hybridized carbons (Fsp3) is 0.438. The van der Waals surface area contributed by atoms with Gasteiger partial charge in [-0.1, -0.05) is 6.07 Å². The smallest absolute Gasteiger partial charge is 0.340 e. The molecule has 2 heterocycles. The van der Waals surface area contributed by atoms with Crippen LogP contribution in [0.4, 0.5) is 0 Å². The van der Waals surface area contributed by atoms with E-state index in [4.69, 9.17) is 9.47 Å². The van der Waals surface area contributed by atoms with Crippen LogP contribution in [0, 0.1) is 0 Å². The van der Waals surface area contributed by atoms with Gasteiger partial charge in [0.1, 0.15) is 11.8 Å². The van der Waals surface area contributed by atoms with E-state index in [-0.39, 0.29) is 11.9 Å². The van der Waals surface area contributed by atoms with E-state index in [0.29, 0.717) is 12.1 Å². The van der Waals surface area contributed by atoms with Crippen LogP contribution in [0.3, 0.4) is 0 Å². The van der Waals surface area contributed by atoms with Crippen LogP contribution in [0.15, 0.2) is 24.5 Å². The fourth-order valence-electron chi connectivity index (χ4n) is 2.90. The van der Waals surface area contributed by atoms with Crippen LogP contribution in [0.1, 0.15) is 10.4 Å². The molecule has 0 amide bonds. The number of carbonyl (C=O) groups excluding carboxylic acids is 2.